The minimum absolute atomic E-state index is 0.454. The number of aromatic nitrogens is 3. The Hall–Kier alpha value is -1.95. The van der Waals surface area contributed by atoms with Gasteiger partial charge in [-0.1, -0.05) is 12.1 Å². The number of hydrogen-bond donors (Lipinski definition) is 1. The quantitative estimate of drug-likeness (QED) is 0.666. The Bertz CT molecular complexity index is 573. The Morgan fingerprint density at radius 1 is 1.53 bits per heavy atom. The number of nitrogens with zero attached hydrogens (tertiary/aromatic N) is 3. The van der Waals surface area contributed by atoms with Crippen LogP contribution in [0.25, 0.3) is 0 Å². The van der Waals surface area contributed by atoms with E-state index in [1.807, 2.05) is 31.2 Å². The maximum atomic E-state index is 5.49. The number of rotatable bonds is 4. The predicted molar refractivity (Wildman–Crippen MR) is 68.0 cm³/mol. The molecule has 2 aromatic rings. The van der Waals surface area contributed by atoms with Crippen molar-refractivity contribution in [3.63, 3.8) is 0 Å². The Morgan fingerprint density at radius 3 is 3.06 bits per heavy atom. The third-order valence-corrected chi connectivity index (χ3v) is 2.35. The van der Waals surface area contributed by atoms with Gasteiger partial charge in [0, 0.05) is 5.56 Å². The van der Waals surface area contributed by atoms with E-state index >= 15 is 0 Å². The molecule has 2 rings (SSSR count). The minimum Gasteiger partial charge on any atom is -0.493 e. The molecule has 1 aromatic heterocycles. The van der Waals surface area contributed by atoms with Gasteiger partial charge in [0.05, 0.1) is 12.8 Å². The molecule has 0 radical (unpaired) electrons. The van der Waals surface area contributed by atoms with Gasteiger partial charge in [-0.05, 0) is 31.3 Å². The maximum absolute atomic E-state index is 5.49. The summed E-state index contributed by atoms with van der Waals surface area (Å²) in [5.41, 5.74) is 0.900. The first-order valence-electron chi connectivity index (χ1n) is 5.19. The Balaban J connectivity index is 2.27. The van der Waals surface area contributed by atoms with Crippen LogP contribution in [-0.2, 0) is 0 Å². The fourth-order valence-electron chi connectivity index (χ4n) is 1.32. The molecule has 5 nitrogen and oxygen atoms in total. The zero-order chi connectivity index (χ0) is 12.1. The molecule has 0 saturated heterocycles. The predicted octanol–water partition coefficient (Wildman–Crippen LogP) is 2.22. The van der Waals surface area contributed by atoms with E-state index in [0.717, 1.165) is 11.3 Å². The van der Waals surface area contributed by atoms with E-state index in [9.17, 15) is 0 Å². The van der Waals surface area contributed by atoms with Gasteiger partial charge >= 0.3 is 0 Å². The summed E-state index contributed by atoms with van der Waals surface area (Å²) >= 11 is 4.98. The molecule has 1 N–H and O–H groups in total. The second-order valence-corrected chi connectivity index (χ2v) is 3.61. The molecular weight excluding hydrogens is 236 g/mol. The number of nitrogens with one attached hydrogen (secondary N) is 1. The second kappa shape index (κ2) is 5.40. The summed E-state index contributed by atoms with van der Waals surface area (Å²) < 4.78 is 7.43. The molecule has 0 unspecified atom stereocenters. The number of ether oxygens (including phenoxy) is 1. The number of aromatic amines is 1. The van der Waals surface area contributed by atoms with Crippen molar-refractivity contribution in [2.75, 3.05) is 6.61 Å². The molecule has 0 atom stereocenters. The van der Waals surface area contributed by atoms with Crippen LogP contribution in [0.5, 0.6) is 5.75 Å². The Morgan fingerprint density at radius 2 is 2.35 bits per heavy atom. The molecule has 0 amide bonds. The van der Waals surface area contributed by atoms with Crippen LogP contribution >= 0.6 is 12.2 Å². The molecule has 0 aliphatic rings. The van der Waals surface area contributed by atoms with Crippen molar-refractivity contribution in [3.05, 3.63) is 40.9 Å². The van der Waals surface area contributed by atoms with Crippen molar-refractivity contribution in [2.24, 2.45) is 5.10 Å². The van der Waals surface area contributed by atoms with Crippen LogP contribution in [0.2, 0.25) is 0 Å². The highest BCUT2D eigenvalue weighted by atomic mass is 32.1. The molecule has 0 fully saturated rings. The molecule has 6 heteroatoms. The van der Waals surface area contributed by atoms with Crippen LogP contribution in [0.15, 0.2) is 35.7 Å². The van der Waals surface area contributed by atoms with E-state index in [-0.39, 0.29) is 0 Å². The third kappa shape index (κ3) is 2.79. The Kier molecular flexibility index (Phi) is 3.66. The fourth-order valence-corrected chi connectivity index (χ4v) is 1.47. The van der Waals surface area contributed by atoms with Crippen molar-refractivity contribution in [1.29, 1.82) is 0 Å². The molecule has 0 aliphatic heterocycles. The van der Waals surface area contributed by atoms with Crippen LogP contribution < -0.4 is 4.74 Å². The van der Waals surface area contributed by atoms with Gasteiger partial charge in [-0.15, -0.1) is 0 Å². The summed E-state index contributed by atoms with van der Waals surface area (Å²) in [5.74, 6) is 0.800. The lowest BCUT2D eigenvalue weighted by atomic mass is 10.2. The highest BCUT2D eigenvalue weighted by Gasteiger charge is 1.99. The SMILES string of the molecule is CCOc1ccccc1C=Nn1cn[nH]c1=S. The van der Waals surface area contributed by atoms with Gasteiger partial charge in [-0.2, -0.15) is 14.9 Å². The normalized spacial score (nSPS) is 10.9. The van der Waals surface area contributed by atoms with Gasteiger partial charge in [0.25, 0.3) is 0 Å². The van der Waals surface area contributed by atoms with Crippen LogP contribution in [0.1, 0.15) is 12.5 Å². The van der Waals surface area contributed by atoms with Crippen molar-refractivity contribution in [3.8, 4) is 5.75 Å². The molecule has 1 heterocycles. The first-order chi connectivity index (χ1) is 8.31. The number of benzene rings is 1. The maximum Gasteiger partial charge on any atom is 0.216 e. The van der Waals surface area contributed by atoms with Gasteiger partial charge in [0.15, 0.2) is 0 Å². The topological polar surface area (TPSA) is 55.2 Å². The van der Waals surface area contributed by atoms with Gasteiger partial charge in [-0.25, -0.2) is 0 Å². The van der Waals surface area contributed by atoms with Gasteiger partial charge in [0.2, 0.25) is 4.77 Å². The van der Waals surface area contributed by atoms with E-state index in [2.05, 4.69) is 15.3 Å². The largest absolute Gasteiger partial charge is 0.493 e. The zero-order valence-electron chi connectivity index (χ0n) is 9.33. The van der Waals surface area contributed by atoms with Crippen molar-refractivity contribution >= 4 is 18.4 Å². The monoisotopic (exact) mass is 248 g/mol. The number of hydrogen-bond acceptors (Lipinski definition) is 4. The van der Waals surface area contributed by atoms with Crippen LogP contribution in [0.4, 0.5) is 0 Å². The Labute approximate surface area is 104 Å². The first-order valence-corrected chi connectivity index (χ1v) is 5.60. The van der Waals surface area contributed by atoms with Crippen molar-refractivity contribution in [2.45, 2.75) is 6.92 Å². The smallest absolute Gasteiger partial charge is 0.216 e. The lowest BCUT2D eigenvalue weighted by molar-refractivity contribution is 0.340. The second-order valence-electron chi connectivity index (χ2n) is 3.22. The van der Waals surface area contributed by atoms with Gasteiger partial charge in [0.1, 0.15) is 12.1 Å². The first kappa shape index (κ1) is 11.5. The highest BCUT2D eigenvalue weighted by molar-refractivity contribution is 7.71. The number of para-hydroxylation sites is 1. The summed E-state index contributed by atoms with van der Waals surface area (Å²) in [6, 6.07) is 7.68. The highest BCUT2D eigenvalue weighted by Crippen LogP contribution is 2.15. The standard InChI is InChI=1S/C11H12N4OS/c1-2-16-10-6-4-3-5-9(10)7-13-15-8-12-14-11(15)17/h3-8H,2H2,1H3,(H,14,17). The van der Waals surface area contributed by atoms with E-state index in [1.165, 1.54) is 11.0 Å². The third-order valence-electron chi connectivity index (χ3n) is 2.08. The van der Waals surface area contributed by atoms with E-state index in [1.54, 1.807) is 6.21 Å². The van der Waals surface area contributed by atoms with Crippen LogP contribution in [0.3, 0.4) is 0 Å². The lowest BCUT2D eigenvalue weighted by Gasteiger charge is -2.05. The fraction of sp³-hybridized carbons (Fsp3) is 0.182. The van der Waals surface area contributed by atoms with E-state index in [0.29, 0.717) is 11.4 Å². The molecule has 0 saturated carbocycles. The minimum atomic E-state index is 0.454. The summed E-state index contributed by atoms with van der Waals surface area (Å²) in [6.45, 7) is 2.57. The zero-order valence-corrected chi connectivity index (χ0v) is 10.1. The summed E-state index contributed by atoms with van der Waals surface area (Å²) in [4.78, 5) is 0. The van der Waals surface area contributed by atoms with Crippen LogP contribution in [0, 0.1) is 4.77 Å². The molecule has 88 valence electrons. The molecule has 0 aliphatic carbocycles. The summed E-state index contributed by atoms with van der Waals surface area (Å²) in [6.07, 6.45) is 3.21. The number of H-pyrrole nitrogens is 1. The van der Waals surface area contributed by atoms with Crippen molar-refractivity contribution in [1.82, 2.24) is 14.9 Å². The van der Waals surface area contributed by atoms with Gasteiger partial charge < -0.3 is 4.74 Å². The van der Waals surface area contributed by atoms with E-state index in [4.69, 9.17) is 17.0 Å². The molecule has 17 heavy (non-hydrogen) atoms. The van der Waals surface area contributed by atoms with Gasteiger partial charge in [-0.3, -0.25) is 5.10 Å². The van der Waals surface area contributed by atoms with Crippen LogP contribution in [-0.4, -0.2) is 27.7 Å². The molecule has 0 spiro atoms. The molecular formula is C11H12N4OS. The lowest BCUT2D eigenvalue weighted by Crippen LogP contribution is -1.96. The van der Waals surface area contributed by atoms with Crippen molar-refractivity contribution < 1.29 is 4.74 Å². The molecule has 0 bridgehead atoms. The van der Waals surface area contributed by atoms with E-state index < -0.39 is 0 Å². The molecule has 1 aromatic carbocycles. The summed E-state index contributed by atoms with van der Waals surface area (Å²) in [7, 11) is 0. The average Bonchev–Trinajstić information content (AvgIpc) is 2.74. The average molecular weight is 248 g/mol. The summed E-state index contributed by atoms with van der Waals surface area (Å²) in [5, 5.41) is 10.6.